The molecule has 4 nitrogen and oxygen atoms in total. The van der Waals surface area contributed by atoms with E-state index in [0.717, 1.165) is 22.2 Å². The number of benzene rings is 2. The zero-order valence-electron chi connectivity index (χ0n) is 13.3. The second kappa shape index (κ2) is 6.26. The lowest BCUT2D eigenvalue weighted by Crippen LogP contribution is -2.20. The molecule has 0 aliphatic rings. The number of carbonyl (C=O) groups excluding carboxylic acids is 1. The highest BCUT2D eigenvalue weighted by atomic mass is 16.3. The molecule has 2 N–H and O–H groups in total. The van der Waals surface area contributed by atoms with Crippen LogP contribution in [0.3, 0.4) is 0 Å². The summed E-state index contributed by atoms with van der Waals surface area (Å²) in [6.07, 6.45) is -0.624. The molecule has 3 rings (SSSR count). The minimum atomic E-state index is -0.624. The third-order valence-electron chi connectivity index (χ3n) is 4.00. The van der Waals surface area contributed by atoms with Crippen LogP contribution >= 0.6 is 0 Å². The predicted molar refractivity (Wildman–Crippen MR) is 92.4 cm³/mol. The first-order chi connectivity index (χ1) is 11.1. The maximum Gasteiger partial charge on any atom is 0.244 e. The lowest BCUT2D eigenvalue weighted by Gasteiger charge is -2.14. The summed E-state index contributed by atoms with van der Waals surface area (Å²) in [6.45, 7) is 3.93. The van der Waals surface area contributed by atoms with Gasteiger partial charge in [0.2, 0.25) is 5.91 Å². The van der Waals surface area contributed by atoms with Gasteiger partial charge in [-0.05, 0) is 37.4 Å². The number of carbonyl (C=O) groups is 1. The number of hydrogen-bond donors (Lipinski definition) is 2. The molecule has 0 saturated heterocycles. The Morgan fingerprint density at radius 2 is 1.87 bits per heavy atom. The van der Waals surface area contributed by atoms with E-state index < -0.39 is 6.10 Å². The molecule has 3 aromatic rings. The summed E-state index contributed by atoms with van der Waals surface area (Å²) in [5.41, 5.74) is 3.46. The van der Waals surface area contributed by atoms with Crippen molar-refractivity contribution in [3.63, 3.8) is 0 Å². The number of para-hydroxylation sites is 2. The van der Waals surface area contributed by atoms with Crippen molar-refractivity contribution in [3.05, 3.63) is 65.9 Å². The van der Waals surface area contributed by atoms with Gasteiger partial charge in [0.05, 0.1) is 6.10 Å². The number of amides is 1. The van der Waals surface area contributed by atoms with Crippen molar-refractivity contribution in [2.45, 2.75) is 26.5 Å². The Morgan fingerprint density at radius 3 is 2.65 bits per heavy atom. The minimum absolute atomic E-state index is 0.109. The van der Waals surface area contributed by atoms with Crippen LogP contribution in [0.2, 0.25) is 0 Å². The average molecular weight is 308 g/mol. The molecule has 0 bridgehead atoms. The quantitative estimate of drug-likeness (QED) is 0.773. The van der Waals surface area contributed by atoms with Gasteiger partial charge in [-0.15, -0.1) is 0 Å². The van der Waals surface area contributed by atoms with E-state index in [1.165, 1.54) is 0 Å². The van der Waals surface area contributed by atoms with Crippen LogP contribution in [0.5, 0.6) is 0 Å². The molecular formula is C19H20N2O2. The van der Waals surface area contributed by atoms with Gasteiger partial charge in [-0.2, -0.15) is 0 Å². The Bertz CT molecular complexity index is 849. The second-order valence-electron chi connectivity index (χ2n) is 5.74. The summed E-state index contributed by atoms with van der Waals surface area (Å²) in [5, 5.41) is 13.8. The summed E-state index contributed by atoms with van der Waals surface area (Å²) < 4.78 is 2.00. The molecule has 0 aliphatic carbocycles. The molecular weight excluding hydrogens is 288 g/mol. The molecule has 1 amide bonds. The molecule has 1 aromatic heterocycles. The number of fused-ring (bicyclic) bond motifs is 1. The van der Waals surface area contributed by atoms with Gasteiger partial charge >= 0.3 is 0 Å². The highest BCUT2D eigenvalue weighted by Gasteiger charge is 2.12. The van der Waals surface area contributed by atoms with Crippen LogP contribution in [0.1, 0.15) is 24.3 Å². The van der Waals surface area contributed by atoms with E-state index in [1.54, 1.807) is 13.0 Å². The molecule has 1 unspecified atom stereocenters. The van der Waals surface area contributed by atoms with Crippen molar-refractivity contribution in [1.29, 1.82) is 0 Å². The van der Waals surface area contributed by atoms with Crippen LogP contribution in [0.15, 0.2) is 54.6 Å². The molecule has 1 heterocycles. The lowest BCUT2D eigenvalue weighted by molar-refractivity contribution is -0.116. The van der Waals surface area contributed by atoms with Crippen molar-refractivity contribution in [2.24, 2.45) is 0 Å². The molecule has 0 aliphatic heterocycles. The largest absolute Gasteiger partial charge is 0.389 e. The van der Waals surface area contributed by atoms with E-state index in [0.29, 0.717) is 5.69 Å². The van der Waals surface area contributed by atoms with E-state index in [2.05, 4.69) is 11.4 Å². The summed E-state index contributed by atoms with van der Waals surface area (Å²) in [7, 11) is 0. The van der Waals surface area contributed by atoms with E-state index in [1.807, 2.05) is 54.0 Å². The van der Waals surface area contributed by atoms with Crippen LogP contribution in [0.4, 0.5) is 5.69 Å². The summed E-state index contributed by atoms with van der Waals surface area (Å²) >= 11 is 0. The van der Waals surface area contributed by atoms with Crippen LogP contribution < -0.4 is 5.32 Å². The summed E-state index contributed by atoms with van der Waals surface area (Å²) in [4.78, 5) is 12.4. The zero-order valence-corrected chi connectivity index (χ0v) is 13.3. The number of aryl methyl sites for hydroxylation is 1. The molecule has 0 fully saturated rings. The van der Waals surface area contributed by atoms with Gasteiger partial charge in [0, 0.05) is 22.5 Å². The second-order valence-corrected chi connectivity index (χ2v) is 5.74. The first kappa shape index (κ1) is 15.3. The Kier molecular flexibility index (Phi) is 4.17. The summed E-state index contributed by atoms with van der Waals surface area (Å²) in [6, 6.07) is 17.4. The Hall–Kier alpha value is -2.59. The van der Waals surface area contributed by atoms with Crippen molar-refractivity contribution in [3.8, 4) is 0 Å². The molecule has 23 heavy (non-hydrogen) atoms. The maximum absolute atomic E-state index is 12.4. The number of aliphatic hydroxyl groups excluding tert-OH is 1. The van der Waals surface area contributed by atoms with Crippen LogP contribution in [-0.2, 0) is 11.3 Å². The first-order valence-corrected chi connectivity index (χ1v) is 7.68. The minimum Gasteiger partial charge on any atom is -0.389 e. The smallest absolute Gasteiger partial charge is 0.244 e. The number of hydrogen-bond acceptors (Lipinski definition) is 2. The highest BCUT2D eigenvalue weighted by Crippen LogP contribution is 2.23. The SMILES string of the molecule is Cc1cc2ccccc2n1CC(=O)Nc1ccccc1C(C)O. The third-order valence-corrected chi connectivity index (χ3v) is 4.00. The van der Waals surface area contributed by atoms with Crippen molar-refractivity contribution < 1.29 is 9.90 Å². The maximum atomic E-state index is 12.4. The fraction of sp³-hybridized carbons (Fsp3) is 0.211. The van der Waals surface area contributed by atoms with Gasteiger partial charge in [-0.25, -0.2) is 0 Å². The molecule has 2 aromatic carbocycles. The van der Waals surface area contributed by atoms with Gasteiger partial charge in [0.25, 0.3) is 0 Å². The zero-order chi connectivity index (χ0) is 16.4. The molecule has 0 saturated carbocycles. The number of nitrogens with zero attached hydrogens (tertiary/aromatic N) is 1. The van der Waals surface area contributed by atoms with E-state index in [9.17, 15) is 9.90 Å². The standard InChI is InChI=1S/C19H20N2O2/c1-13-11-15-7-3-6-10-18(15)21(13)12-19(23)20-17-9-5-4-8-16(17)14(2)22/h3-11,14,22H,12H2,1-2H3,(H,20,23). The van der Waals surface area contributed by atoms with Crippen molar-refractivity contribution >= 4 is 22.5 Å². The average Bonchev–Trinajstić information content (AvgIpc) is 2.83. The molecule has 118 valence electrons. The van der Waals surface area contributed by atoms with Crippen molar-refractivity contribution in [2.75, 3.05) is 5.32 Å². The Balaban J connectivity index is 1.84. The molecule has 1 atom stereocenters. The Morgan fingerprint density at radius 1 is 1.17 bits per heavy atom. The third kappa shape index (κ3) is 3.12. The van der Waals surface area contributed by atoms with Gasteiger partial charge in [0.1, 0.15) is 6.54 Å². The number of aliphatic hydroxyl groups is 1. The van der Waals surface area contributed by atoms with Crippen LogP contribution in [0, 0.1) is 6.92 Å². The van der Waals surface area contributed by atoms with E-state index in [-0.39, 0.29) is 12.5 Å². The number of nitrogens with one attached hydrogen (secondary N) is 1. The normalized spacial score (nSPS) is 12.3. The predicted octanol–water partition coefficient (Wildman–Crippen LogP) is 3.64. The van der Waals surface area contributed by atoms with Crippen LogP contribution in [-0.4, -0.2) is 15.6 Å². The fourth-order valence-electron chi connectivity index (χ4n) is 2.87. The molecule has 0 radical (unpaired) electrons. The van der Waals surface area contributed by atoms with Crippen molar-refractivity contribution in [1.82, 2.24) is 4.57 Å². The molecule has 0 spiro atoms. The Labute approximate surface area is 135 Å². The van der Waals surface area contributed by atoms with Gasteiger partial charge in [0.15, 0.2) is 0 Å². The number of anilines is 1. The van der Waals surface area contributed by atoms with E-state index >= 15 is 0 Å². The fourth-order valence-corrected chi connectivity index (χ4v) is 2.87. The highest BCUT2D eigenvalue weighted by molar-refractivity contribution is 5.93. The van der Waals surface area contributed by atoms with Crippen LogP contribution in [0.25, 0.3) is 10.9 Å². The lowest BCUT2D eigenvalue weighted by atomic mass is 10.1. The number of aromatic nitrogens is 1. The van der Waals surface area contributed by atoms with E-state index in [4.69, 9.17) is 0 Å². The monoisotopic (exact) mass is 308 g/mol. The van der Waals surface area contributed by atoms with Gasteiger partial charge < -0.3 is 15.0 Å². The topological polar surface area (TPSA) is 54.3 Å². The summed E-state index contributed by atoms with van der Waals surface area (Å²) in [5.74, 6) is -0.109. The van der Waals surface area contributed by atoms with Gasteiger partial charge in [-0.3, -0.25) is 4.79 Å². The van der Waals surface area contributed by atoms with Gasteiger partial charge in [-0.1, -0.05) is 36.4 Å². The first-order valence-electron chi connectivity index (χ1n) is 7.68. The molecule has 4 heteroatoms. The number of rotatable bonds is 4.